The van der Waals surface area contributed by atoms with Crippen molar-refractivity contribution in [2.45, 2.75) is 24.4 Å². The van der Waals surface area contributed by atoms with Crippen molar-refractivity contribution >= 4 is 11.8 Å². The van der Waals surface area contributed by atoms with Crippen LogP contribution in [0, 0.1) is 0 Å². The van der Waals surface area contributed by atoms with Crippen molar-refractivity contribution in [2.75, 3.05) is 20.0 Å². The van der Waals surface area contributed by atoms with Gasteiger partial charge in [0.2, 0.25) is 5.16 Å². The number of nitrogens with zero attached hydrogens (tertiary/aromatic N) is 5. The van der Waals surface area contributed by atoms with Crippen molar-refractivity contribution in [2.24, 2.45) is 0 Å². The molecule has 0 unspecified atom stereocenters. The van der Waals surface area contributed by atoms with Gasteiger partial charge in [0.15, 0.2) is 6.29 Å². The molecule has 0 saturated heterocycles. The van der Waals surface area contributed by atoms with Crippen molar-refractivity contribution in [1.29, 1.82) is 0 Å². The summed E-state index contributed by atoms with van der Waals surface area (Å²) in [6.45, 7) is 0.470. The van der Waals surface area contributed by atoms with E-state index in [0.29, 0.717) is 6.54 Å². The Morgan fingerprint density at radius 2 is 2.00 bits per heavy atom. The van der Waals surface area contributed by atoms with Gasteiger partial charge >= 0.3 is 0 Å². The number of aromatic nitrogens is 5. The molecule has 0 aliphatic carbocycles. The first kappa shape index (κ1) is 14.9. The molecule has 2 rings (SSSR count). The standard InChI is InChI=1S/C12H17N5O2S/c1-18-11(19-2)9-17-12(14-15-16-17)20-8-5-10-3-6-13-7-4-10/h3-4,6-7,11H,5,8-9H2,1-2H3. The number of tetrazole rings is 1. The molecule has 0 atom stereocenters. The maximum absolute atomic E-state index is 5.15. The van der Waals surface area contributed by atoms with E-state index < -0.39 is 0 Å². The molecule has 0 spiro atoms. The number of ether oxygens (including phenoxy) is 2. The van der Waals surface area contributed by atoms with Gasteiger partial charge < -0.3 is 9.47 Å². The van der Waals surface area contributed by atoms with Crippen LogP contribution in [0.5, 0.6) is 0 Å². The highest BCUT2D eigenvalue weighted by Crippen LogP contribution is 2.16. The minimum atomic E-state index is -0.349. The lowest BCUT2D eigenvalue weighted by Crippen LogP contribution is -2.22. The fourth-order valence-electron chi connectivity index (χ4n) is 1.61. The van der Waals surface area contributed by atoms with Crippen LogP contribution in [0.1, 0.15) is 5.56 Å². The lowest BCUT2D eigenvalue weighted by atomic mass is 10.2. The van der Waals surface area contributed by atoms with Crippen molar-refractivity contribution < 1.29 is 9.47 Å². The van der Waals surface area contributed by atoms with E-state index in [0.717, 1.165) is 17.3 Å². The highest BCUT2D eigenvalue weighted by Gasteiger charge is 2.12. The first-order valence-corrected chi connectivity index (χ1v) is 7.15. The highest BCUT2D eigenvalue weighted by atomic mass is 32.2. The molecule has 0 fully saturated rings. The molecule has 0 saturated carbocycles. The van der Waals surface area contributed by atoms with Gasteiger partial charge in [0.25, 0.3) is 0 Å². The zero-order valence-electron chi connectivity index (χ0n) is 11.5. The first-order valence-electron chi connectivity index (χ1n) is 6.17. The van der Waals surface area contributed by atoms with Gasteiger partial charge in [-0.05, 0) is 34.5 Å². The highest BCUT2D eigenvalue weighted by molar-refractivity contribution is 7.99. The number of rotatable bonds is 8. The third-order valence-electron chi connectivity index (χ3n) is 2.72. The number of thioether (sulfide) groups is 1. The van der Waals surface area contributed by atoms with Gasteiger partial charge in [0.05, 0.1) is 6.54 Å². The van der Waals surface area contributed by atoms with E-state index in [1.54, 1.807) is 43.1 Å². The van der Waals surface area contributed by atoms with Gasteiger partial charge in [-0.2, -0.15) is 0 Å². The molecule has 2 heterocycles. The van der Waals surface area contributed by atoms with E-state index in [1.807, 2.05) is 12.1 Å². The van der Waals surface area contributed by atoms with E-state index in [-0.39, 0.29) is 6.29 Å². The zero-order chi connectivity index (χ0) is 14.2. The molecule has 0 N–H and O–H groups in total. The molecule has 0 radical (unpaired) electrons. The predicted molar refractivity (Wildman–Crippen MR) is 74.3 cm³/mol. The second kappa shape index (κ2) is 7.93. The van der Waals surface area contributed by atoms with E-state index in [4.69, 9.17) is 9.47 Å². The van der Waals surface area contributed by atoms with E-state index in [2.05, 4.69) is 20.5 Å². The number of hydrogen-bond donors (Lipinski definition) is 0. The Hall–Kier alpha value is -1.51. The van der Waals surface area contributed by atoms with Crippen LogP contribution in [-0.4, -0.2) is 51.5 Å². The number of hydrogen-bond acceptors (Lipinski definition) is 7. The number of pyridine rings is 1. The van der Waals surface area contributed by atoms with Crippen molar-refractivity contribution in [3.05, 3.63) is 30.1 Å². The Kier molecular flexibility index (Phi) is 5.90. The predicted octanol–water partition coefficient (Wildman–Crippen LogP) is 1.02. The van der Waals surface area contributed by atoms with Gasteiger partial charge in [-0.1, -0.05) is 11.8 Å². The summed E-state index contributed by atoms with van der Waals surface area (Å²) in [5.74, 6) is 0.898. The van der Waals surface area contributed by atoms with Crippen molar-refractivity contribution in [3.8, 4) is 0 Å². The molecule has 0 bridgehead atoms. The lowest BCUT2D eigenvalue weighted by Gasteiger charge is -2.13. The monoisotopic (exact) mass is 295 g/mol. The summed E-state index contributed by atoms with van der Waals surface area (Å²) in [7, 11) is 3.18. The maximum atomic E-state index is 5.15. The van der Waals surface area contributed by atoms with Crippen LogP contribution in [0.4, 0.5) is 0 Å². The largest absolute Gasteiger partial charge is 0.354 e. The number of methoxy groups -OCH3 is 2. The van der Waals surface area contributed by atoms with Crippen LogP contribution in [0.25, 0.3) is 0 Å². The fraction of sp³-hybridized carbons (Fsp3) is 0.500. The van der Waals surface area contributed by atoms with Crippen LogP contribution in [0.15, 0.2) is 29.7 Å². The summed E-state index contributed by atoms with van der Waals surface area (Å²) in [4.78, 5) is 4.00. The van der Waals surface area contributed by atoms with Gasteiger partial charge in [-0.15, -0.1) is 5.10 Å². The molecule has 0 aliphatic heterocycles. The molecule has 0 aromatic carbocycles. The molecule has 0 aliphatic rings. The average Bonchev–Trinajstić information content (AvgIpc) is 2.93. The van der Waals surface area contributed by atoms with Gasteiger partial charge in [0.1, 0.15) is 0 Å². The molecular formula is C12H17N5O2S. The van der Waals surface area contributed by atoms with Crippen LogP contribution >= 0.6 is 11.8 Å². The molecule has 2 aromatic rings. The Morgan fingerprint density at radius 1 is 1.25 bits per heavy atom. The van der Waals surface area contributed by atoms with E-state index >= 15 is 0 Å². The Balaban J connectivity index is 1.86. The summed E-state index contributed by atoms with van der Waals surface area (Å²) in [5, 5.41) is 12.4. The van der Waals surface area contributed by atoms with Crippen LogP contribution in [-0.2, 0) is 22.4 Å². The van der Waals surface area contributed by atoms with Gasteiger partial charge in [0, 0.05) is 32.4 Å². The summed E-state index contributed by atoms with van der Waals surface area (Å²) in [6.07, 6.45) is 4.19. The Bertz CT molecular complexity index is 504. The minimum Gasteiger partial charge on any atom is -0.354 e. The molecule has 7 nitrogen and oxygen atoms in total. The van der Waals surface area contributed by atoms with Crippen LogP contribution in [0.2, 0.25) is 0 Å². The molecule has 8 heteroatoms. The smallest absolute Gasteiger partial charge is 0.209 e. The molecular weight excluding hydrogens is 278 g/mol. The summed E-state index contributed by atoms with van der Waals surface area (Å²) in [5.41, 5.74) is 1.25. The third kappa shape index (κ3) is 4.26. The summed E-state index contributed by atoms with van der Waals surface area (Å²) in [6, 6.07) is 4.02. The lowest BCUT2D eigenvalue weighted by molar-refractivity contribution is -0.113. The van der Waals surface area contributed by atoms with Crippen molar-refractivity contribution in [1.82, 2.24) is 25.2 Å². The molecule has 20 heavy (non-hydrogen) atoms. The van der Waals surface area contributed by atoms with Crippen LogP contribution < -0.4 is 0 Å². The minimum absolute atomic E-state index is 0.349. The topological polar surface area (TPSA) is 75.0 Å². The van der Waals surface area contributed by atoms with Crippen LogP contribution in [0.3, 0.4) is 0 Å². The Labute approximate surface area is 121 Å². The Morgan fingerprint density at radius 3 is 2.70 bits per heavy atom. The second-order valence-corrected chi connectivity index (χ2v) is 5.06. The van der Waals surface area contributed by atoms with E-state index in [1.165, 1.54) is 5.56 Å². The number of aryl methyl sites for hydroxylation is 1. The molecule has 2 aromatic heterocycles. The SMILES string of the molecule is COC(Cn1nnnc1SCCc1ccncc1)OC. The maximum Gasteiger partial charge on any atom is 0.209 e. The normalized spacial score (nSPS) is 11.2. The van der Waals surface area contributed by atoms with Gasteiger partial charge in [-0.3, -0.25) is 4.98 Å². The zero-order valence-corrected chi connectivity index (χ0v) is 12.3. The van der Waals surface area contributed by atoms with E-state index in [9.17, 15) is 0 Å². The average molecular weight is 295 g/mol. The fourth-order valence-corrected chi connectivity index (χ4v) is 2.49. The summed E-state index contributed by atoms with van der Waals surface area (Å²) >= 11 is 1.61. The summed E-state index contributed by atoms with van der Waals surface area (Å²) < 4.78 is 12.0. The van der Waals surface area contributed by atoms with Crippen molar-refractivity contribution in [3.63, 3.8) is 0 Å². The quantitative estimate of drug-likeness (QED) is 0.531. The second-order valence-electron chi connectivity index (χ2n) is 4.00. The van der Waals surface area contributed by atoms with Gasteiger partial charge in [-0.25, -0.2) is 4.68 Å². The third-order valence-corrected chi connectivity index (χ3v) is 3.68. The first-order chi connectivity index (χ1) is 9.83. The molecule has 0 amide bonds. The molecule has 108 valence electrons.